The van der Waals surface area contributed by atoms with Crippen LogP contribution in [0.15, 0.2) is 12.4 Å². The van der Waals surface area contributed by atoms with Gasteiger partial charge in [0.2, 0.25) is 0 Å². The summed E-state index contributed by atoms with van der Waals surface area (Å²) in [7, 11) is 0. The van der Waals surface area contributed by atoms with Gasteiger partial charge >= 0.3 is 0 Å². The van der Waals surface area contributed by atoms with E-state index in [1.165, 1.54) is 0 Å². The molecule has 0 radical (unpaired) electrons. The van der Waals surface area contributed by atoms with Gasteiger partial charge < -0.3 is 14.2 Å². The lowest BCUT2D eigenvalue weighted by molar-refractivity contribution is -0.0851. The van der Waals surface area contributed by atoms with Gasteiger partial charge in [0, 0.05) is 25.9 Å². The monoisotopic (exact) mass is 364 g/mol. The molecule has 5 nitrogen and oxygen atoms in total. The first-order chi connectivity index (χ1) is 12.3. The molecule has 0 bridgehead atoms. The van der Waals surface area contributed by atoms with Gasteiger partial charge in [-0.05, 0) is 46.0 Å². The lowest BCUT2D eigenvalue weighted by Crippen LogP contribution is -2.40. The van der Waals surface area contributed by atoms with Gasteiger partial charge in [-0.25, -0.2) is 9.97 Å². The summed E-state index contributed by atoms with van der Waals surface area (Å²) in [6.45, 7) is 13.6. The number of nitrogens with zero attached hydrogens (tertiary/aromatic N) is 2. The zero-order valence-corrected chi connectivity index (χ0v) is 17.3. The van der Waals surface area contributed by atoms with Crippen LogP contribution >= 0.6 is 0 Å². The maximum atomic E-state index is 5.92. The van der Waals surface area contributed by atoms with Crippen molar-refractivity contribution in [3.63, 3.8) is 0 Å². The van der Waals surface area contributed by atoms with Crippen LogP contribution in [0.1, 0.15) is 66.6 Å². The molecule has 1 fully saturated rings. The number of hydrogen-bond acceptors (Lipinski definition) is 5. The minimum atomic E-state index is 0.230. The smallest absolute Gasteiger partial charge is 0.156 e. The molecule has 1 aromatic heterocycles. The molecule has 1 heterocycles. The van der Waals surface area contributed by atoms with Crippen molar-refractivity contribution in [1.82, 2.24) is 9.97 Å². The SMILES string of the molecule is CC(COC(C)C)CC(C)Cc1ncc(OC2CC(OC(C)C)C2)cn1. The van der Waals surface area contributed by atoms with Crippen LogP contribution in [0.4, 0.5) is 0 Å². The molecule has 2 rings (SSSR count). The van der Waals surface area contributed by atoms with Crippen LogP contribution in [0.3, 0.4) is 0 Å². The minimum Gasteiger partial charge on any atom is -0.487 e. The first-order valence-corrected chi connectivity index (χ1v) is 10.1. The van der Waals surface area contributed by atoms with E-state index in [4.69, 9.17) is 14.2 Å². The van der Waals surface area contributed by atoms with Crippen molar-refractivity contribution in [1.29, 1.82) is 0 Å². The standard InChI is InChI=1S/C21H36N2O3/c1-14(2)24-13-17(6)7-16(5)8-21-22-11-20(12-23-21)26-19-9-18(10-19)25-15(3)4/h11-12,14-19H,7-10,13H2,1-6H3. The average molecular weight is 365 g/mol. The minimum absolute atomic E-state index is 0.230. The molecule has 0 amide bonds. The molecule has 26 heavy (non-hydrogen) atoms. The molecule has 0 spiro atoms. The summed E-state index contributed by atoms with van der Waals surface area (Å²) >= 11 is 0. The van der Waals surface area contributed by atoms with Crippen molar-refractivity contribution in [3.05, 3.63) is 18.2 Å². The highest BCUT2D eigenvalue weighted by Gasteiger charge is 2.32. The molecule has 0 saturated heterocycles. The first-order valence-electron chi connectivity index (χ1n) is 10.1. The fraction of sp³-hybridized carbons (Fsp3) is 0.810. The topological polar surface area (TPSA) is 53.5 Å². The molecule has 2 unspecified atom stereocenters. The van der Waals surface area contributed by atoms with E-state index in [-0.39, 0.29) is 12.2 Å². The van der Waals surface area contributed by atoms with Crippen LogP contribution in [-0.2, 0) is 15.9 Å². The summed E-state index contributed by atoms with van der Waals surface area (Å²) in [5.41, 5.74) is 0. The van der Waals surface area contributed by atoms with Crippen molar-refractivity contribution in [2.75, 3.05) is 6.61 Å². The Morgan fingerprint density at radius 3 is 2.15 bits per heavy atom. The van der Waals surface area contributed by atoms with Crippen LogP contribution in [-0.4, -0.2) is 41.0 Å². The number of hydrogen-bond donors (Lipinski definition) is 0. The first kappa shape index (κ1) is 21.1. The zero-order valence-electron chi connectivity index (χ0n) is 17.3. The Bertz CT molecular complexity index is 512. The molecule has 2 atom stereocenters. The van der Waals surface area contributed by atoms with E-state index in [1.54, 1.807) is 12.4 Å². The Morgan fingerprint density at radius 1 is 0.923 bits per heavy atom. The van der Waals surface area contributed by atoms with Gasteiger partial charge in [0.05, 0.1) is 30.7 Å². The van der Waals surface area contributed by atoms with Crippen LogP contribution in [0.25, 0.3) is 0 Å². The van der Waals surface area contributed by atoms with Gasteiger partial charge in [0.15, 0.2) is 5.75 Å². The van der Waals surface area contributed by atoms with Gasteiger partial charge in [-0.3, -0.25) is 0 Å². The maximum Gasteiger partial charge on any atom is 0.156 e. The second-order valence-corrected chi connectivity index (χ2v) is 8.39. The van der Waals surface area contributed by atoms with E-state index in [2.05, 4.69) is 51.5 Å². The summed E-state index contributed by atoms with van der Waals surface area (Å²) in [6, 6.07) is 0. The summed E-state index contributed by atoms with van der Waals surface area (Å²) in [5.74, 6) is 2.73. The second kappa shape index (κ2) is 10.2. The fourth-order valence-electron chi connectivity index (χ4n) is 3.32. The van der Waals surface area contributed by atoms with Crippen molar-refractivity contribution in [2.45, 2.75) is 91.6 Å². The van der Waals surface area contributed by atoms with E-state index in [9.17, 15) is 0 Å². The van der Waals surface area contributed by atoms with Gasteiger partial charge in [0.25, 0.3) is 0 Å². The van der Waals surface area contributed by atoms with E-state index >= 15 is 0 Å². The van der Waals surface area contributed by atoms with Crippen molar-refractivity contribution >= 4 is 0 Å². The van der Waals surface area contributed by atoms with Crippen LogP contribution in [0.2, 0.25) is 0 Å². The third-order valence-corrected chi connectivity index (χ3v) is 4.55. The molecule has 1 aliphatic carbocycles. The van der Waals surface area contributed by atoms with Crippen molar-refractivity contribution in [2.24, 2.45) is 11.8 Å². The Hall–Kier alpha value is -1.20. The van der Waals surface area contributed by atoms with Crippen molar-refractivity contribution < 1.29 is 14.2 Å². The van der Waals surface area contributed by atoms with Crippen LogP contribution < -0.4 is 4.74 Å². The Kier molecular flexibility index (Phi) is 8.29. The third kappa shape index (κ3) is 7.58. The summed E-state index contributed by atoms with van der Waals surface area (Å²) < 4.78 is 17.4. The van der Waals surface area contributed by atoms with E-state index < -0.39 is 0 Å². The predicted molar refractivity (Wildman–Crippen MR) is 103 cm³/mol. The van der Waals surface area contributed by atoms with Gasteiger partial charge in [-0.1, -0.05) is 13.8 Å². The molecular weight excluding hydrogens is 328 g/mol. The highest BCUT2D eigenvalue weighted by molar-refractivity contribution is 5.13. The maximum absolute atomic E-state index is 5.92. The zero-order chi connectivity index (χ0) is 19.1. The predicted octanol–water partition coefficient (Wildman–Crippen LogP) is 4.44. The van der Waals surface area contributed by atoms with Crippen LogP contribution in [0, 0.1) is 11.8 Å². The van der Waals surface area contributed by atoms with Gasteiger partial charge in [-0.2, -0.15) is 0 Å². The molecule has 148 valence electrons. The highest BCUT2D eigenvalue weighted by Crippen LogP contribution is 2.28. The Morgan fingerprint density at radius 2 is 1.58 bits per heavy atom. The number of ether oxygens (including phenoxy) is 3. The van der Waals surface area contributed by atoms with Crippen LogP contribution in [0.5, 0.6) is 5.75 Å². The molecule has 0 N–H and O–H groups in total. The molecular formula is C21H36N2O3. The van der Waals surface area contributed by atoms with E-state index in [0.717, 1.165) is 43.9 Å². The van der Waals surface area contributed by atoms with E-state index in [0.29, 0.717) is 24.0 Å². The molecule has 0 aromatic carbocycles. The number of rotatable bonds is 11. The largest absolute Gasteiger partial charge is 0.487 e. The Labute approximate surface area is 158 Å². The quantitative estimate of drug-likeness (QED) is 0.581. The average Bonchev–Trinajstić information content (AvgIpc) is 2.52. The molecule has 1 aromatic rings. The van der Waals surface area contributed by atoms with E-state index in [1.807, 2.05) is 0 Å². The molecule has 1 saturated carbocycles. The molecule has 5 heteroatoms. The lowest BCUT2D eigenvalue weighted by atomic mass is 9.92. The lowest BCUT2D eigenvalue weighted by Gasteiger charge is -2.36. The third-order valence-electron chi connectivity index (χ3n) is 4.55. The summed E-state index contributed by atoms with van der Waals surface area (Å²) in [6.07, 6.45) is 8.66. The normalized spacial score (nSPS) is 22.3. The highest BCUT2D eigenvalue weighted by atomic mass is 16.5. The Balaban J connectivity index is 1.69. The number of aromatic nitrogens is 2. The van der Waals surface area contributed by atoms with Gasteiger partial charge in [0.1, 0.15) is 11.9 Å². The molecule has 0 aliphatic heterocycles. The summed E-state index contributed by atoms with van der Waals surface area (Å²) in [4.78, 5) is 8.96. The second-order valence-electron chi connectivity index (χ2n) is 8.39. The summed E-state index contributed by atoms with van der Waals surface area (Å²) in [5, 5.41) is 0. The van der Waals surface area contributed by atoms with Crippen molar-refractivity contribution in [3.8, 4) is 5.75 Å². The molecule has 1 aliphatic rings. The fourth-order valence-corrected chi connectivity index (χ4v) is 3.32. The van der Waals surface area contributed by atoms with Gasteiger partial charge in [-0.15, -0.1) is 0 Å².